The van der Waals surface area contributed by atoms with E-state index in [1.54, 1.807) is 54.6 Å². The van der Waals surface area contributed by atoms with Gasteiger partial charge in [0.1, 0.15) is 12.4 Å². The van der Waals surface area contributed by atoms with E-state index in [0.717, 1.165) is 0 Å². The average molecular weight is 364 g/mol. The standard InChI is InChI=1S/C21H20N2O4/c1-2-13-27-16-8-5-7-15(14-16)22-19(24)11-6-12-23-20(25)17-9-3-4-10-18(17)21(23)26/h2-5,7-10,14H,1,6,11-13H2,(H,22,24). The Balaban J connectivity index is 1.50. The van der Waals surface area contributed by atoms with Crippen molar-refractivity contribution in [1.82, 2.24) is 4.90 Å². The van der Waals surface area contributed by atoms with Gasteiger partial charge in [-0.3, -0.25) is 19.3 Å². The molecular formula is C21H20N2O4. The molecule has 0 unspecified atom stereocenters. The van der Waals surface area contributed by atoms with Crippen LogP contribution in [0.5, 0.6) is 5.75 Å². The molecule has 6 heteroatoms. The maximum atomic E-state index is 12.3. The van der Waals surface area contributed by atoms with E-state index < -0.39 is 0 Å². The second-order valence-electron chi connectivity index (χ2n) is 6.09. The van der Waals surface area contributed by atoms with Crippen LogP contribution >= 0.6 is 0 Å². The Morgan fingerprint density at radius 3 is 2.44 bits per heavy atom. The molecule has 27 heavy (non-hydrogen) atoms. The van der Waals surface area contributed by atoms with Crippen molar-refractivity contribution in [2.45, 2.75) is 12.8 Å². The van der Waals surface area contributed by atoms with Crippen LogP contribution in [0.3, 0.4) is 0 Å². The lowest BCUT2D eigenvalue weighted by atomic mass is 10.1. The van der Waals surface area contributed by atoms with Crippen molar-refractivity contribution < 1.29 is 19.1 Å². The van der Waals surface area contributed by atoms with Crippen molar-refractivity contribution in [2.75, 3.05) is 18.5 Å². The fraction of sp³-hybridized carbons (Fsp3) is 0.190. The molecule has 0 aliphatic carbocycles. The molecular weight excluding hydrogens is 344 g/mol. The molecule has 0 saturated carbocycles. The number of imide groups is 1. The van der Waals surface area contributed by atoms with Crippen molar-refractivity contribution in [3.8, 4) is 5.75 Å². The van der Waals surface area contributed by atoms with E-state index in [0.29, 0.717) is 35.6 Å². The summed E-state index contributed by atoms with van der Waals surface area (Å²) in [4.78, 5) is 37.9. The lowest BCUT2D eigenvalue weighted by Crippen LogP contribution is -2.31. The van der Waals surface area contributed by atoms with Crippen LogP contribution in [-0.4, -0.2) is 35.8 Å². The second kappa shape index (κ2) is 8.31. The Bertz CT molecular complexity index is 856. The maximum absolute atomic E-state index is 12.3. The number of carbonyl (C=O) groups is 3. The molecule has 0 spiro atoms. The van der Waals surface area contributed by atoms with Gasteiger partial charge in [-0.25, -0.2) is 0 Å². The highest BCUT2D eigenvalue weighted by Gasteiger charge is 2.34. The highest BCUT2D eigenvalue weighted by molar-refractivity contribution is 6.21. The number of fused-ring (bicyclic) bond motifs is 1. The largest absolute Gasteiger partial charge is 0.489 e. The fourth-order valence-corrected chi connectivity index (χ4v) is 2.88. The van der Waals surface area contributed by atoms with Gasteiger partial charge in [0.2, 0.25) is 5.91 Å². The van der Waals surface area contributed by atoms with Gasteiger partial charge in [-0.05, 0) is 30.7 Å². The van der Waals surface area contributed by atoms with Gasteiger partial charge in [0.15, 0.2) is 0 Å². The van der Waals surface area contributed by atoms with Gasteiger partial charge in [-0.15, -0.1) is 0 Å². The van der Waals surface area contributed by atoms with Crippen LogP contribution in [0.15, 0.2) is 61.2 Å². The molecule has 1 N–H and O–H groups in total. The topological polar surface area (TPSA) is 75.7 Å². The molecule has 0 fully saturated rings. The number of carbonyl (C=O) groups excluding carboxylic acids is 3. The molecule has 6 nitrogen and oxygen atoms in total. The van der Waals surface area contributed by atoms with E-state index in [9.17, 15) is 14.4 Å². The Labute approximate surface area is 157 Å². The number of benzene rings is 2. The first-order valence-corrected chi connectivity index (χ1v) is 8.69. The number of ether oxygens (including phenoxy) is 1. The van der Waals surface area contributed by atoms with Gasteiger partial charge in [-0.1, -0.05) is 30.9 Å². The molecule has 0 atom stereocenters. The van der Waals surface area contributed by atoms with Crippen molar-refractivity contribution in [3.05, 3.63) is 72.3 Å². The monoisotopic (exact) mass is 364 g/mol. The smallest absolute Gasteiger partial charge is 0.261 e. The van der Waals surface area contributed by atoms with E-state index in [2.05, 4.69) is 11.9 Å². The van der Waals surface area contributed by atoms with Crippen LogP contribution in [0.1, 0.15) is 33.6 Å². The quantitative estimate of drug-likeness (QED) is 0.576. The summed E-state index contributed by atoms with van der Waals surface area (Å²) in [5.41, 5.74) is 1.47. The zero-order valence-electron chi connectivity index (χ0n) is 14.8. The fourth-order valence-electron chi connectivity index (χ4n) is 2.88. The van der Waals surface area contributed by atoms with Crippen LogP contribution in [0.25, 0.3) is 0 Å². The minimum absolute atomic E-state index is 0.188. The van der Waals surface area contributed by atoms with Gasteiger partial charge in [0, 0.05) is 24.7 Å². The zero-order chi connectivity index (χ0) is 19.2. The molecule has 0 aromatic heterocycles. The van der Waals surface area contributed by atoms with E-state index >= 15 is 0 Å². The highest BCUT2D eigenvalue weighted by atomic mass is 16.5. The second-order valence-corrected chi connectivity index (χ2v) is 6.09. The highest BCUT2D eigenvalue weighted by Crippen LogP contribution is 2.23. The number of rotatable bonds is 8. The summed E-state index contributed by atoms with van der Waals surface area (Å²) in [6.45, 7) is 4.19. The predicted octanol–water partition coefficient (Wildman–Crippen LogP) is 3.27. The van der Waals surface area contributed by atoms with Crippen LogP contribution < -0.4 is 10.1 Å². The molecule has 0 bridgehead atoms. The summed E-state index contributed by atoms with van der Waals surface area (Å²) in [6.07, 6.45) is 2.24. The Hall–Kier alpha value is -3.41. The maximum Gasteiger partial charge on any atom is 0.261 e. The first-order valence-electron chi connectivity index (χ1n) is 8.69. The third kappa shape index (κ3) is 4.23. The lowest BCUT2D eigenvalue weighted by molar-refractivity contribution is -0.116. The summed E-state index contributed by atoms with van der Waals surface area (Å²) in [6, 6.07) is 13.8. The first-order chi connectivity index (χ1) is 13.1. The van der Waals surface area contributed by atoms with Gasteiger partial charge in [0.25, 0.3) is 11.8 Å². The number of hydrogen-bond donors (Lipinski definition) is 1. The molecule has 1 aliphatic heterocycles. The molecule has 0 saturated heterocycles. The van der Waals surface area contributed by atoms with Crippen LogP contribution in [0.2, 0.25) is 0 Å². The van der Waals surface area contributed by atoms with Gasteiger partial charge in [-0.2, -0.15) is 0 Å². The van der Waals surface area contributed by atoms with Crippen molar-refractivity contribution in [3.63, 3.8) is 0 Å². The van der Waals surface area contributed by atoms with Crippen LogP contribution in [-0.2, 0) is 4.79 Å². The van der Waals surface area contributed by atoms with Gasteiger partial charge in [0.05, 0.1) is 11.1 Å². The van der Waals surface area contributed by atoms with Crippen molar-refractivity contribution in [2.24, 2.45) is 0 Å². The van der Waals surface area contributed by atoms with Gasteiger partial charge < -0.3 is 10.1 Å². The number of nitrogens with one attached hydrogen (secondary N) is 1. The molecule has 2 aromatic rings. The summed E-state index contributed by atoms with van der Waals surface area (Å²) in [5, 5.41) is 2.79. The third-order valence-corrected chi connectivity index (χ3v) is 4.15. The van der Waals surface area contributed by atoms with E-state index in [1.807, 2.05) is 0 Å². The van der Waals surface area contributed by atoms with E-state index in [4.69, 9.17) is 4.74 Å². The first kappa shape index (κ1) is 18.4. The number of nitrogens with zero attached hydrogens (tertiary/aromatic N) is 1. The predicted molar refractivity (Wildman–Crippen MR) is 102 cm³/mol. The Kier molecular flexibility index (Phi) is 5.66. The van der Waals surface area contributed by atoms with Crippen LogP contribution in [0.4, 0.5) is 5.69 Å². The molecule has 3 amide bonds. The van der Waals surface area contributed by atoms with Crippen molar-refractivity contribution >= 4 is 23.4 Å². The molecule has 3 rings (SSSR count). The van der Waals surface area contributed by atoms with Crippen LogP contribution in [0, 0.1) is 0 Å². The number of amides is 3. The lowest BCUT2D eigenvalue weighted by Gasteiger charge is -2.13. The summed E-state index contributed by atoms with van der Waals surface area (Å²) >= 11 is 0. The van der Waals surface area contributed by atoms with E-state index in [-0.39, 0.29) is 30.7 Å². The van der Waals surface area contributed by atoms with Gasteiger partial charge >= 0.3 is 0 Å². The Morgan fingerprint density at radius 1 is 1.07 bits per heavy atom. The number of anilines is 1. The van der Waals surface area contributed by atoms with Crippen molar-refractivity contribution in [1.29, 1.82) is 0 Å². The molecule has 1 aliphatic rings. The minimum atomic E-state index is -0.303. The normalized spacial score (nSPS) is 12.7. The molecule has 138 valence electrons. The average Bonchev–Trinajstić information content (AvgIpc) is 2.92. The SMILES string of the molecule is C=CCOc1cccc(NC(=O)CCCN2C(=O)c3ccccc3C2=O)c1. The Morgan fingerprint density at radius 2 is 1.78 bits per heavy atom. The third-order valence-electron chi connectivity index (χ3n) is 4.15. The summed E-state index contributed by atoms with van der Waals surface area (Å²) in [7, 11) is 0. The molecule has 1 heterocycles. The summed E-state index contributed by atoms with van der Waals surface area (Å²) in [5.74, 6) is -0.155. The number of hydrogen-bond acceptors (Lipinski definition) is 4. The molecule has 0 radical (unpaired) electrons. The molecule has 2 aromatic carbocycles. The zero-order valence-corrected chi connectivity index (χ0v) is 14.8. The summed E-state index contributed by atoms with van der Waals surface area (Å²) < 4.78 is 5.43. The minimum Gasteiger partial charge on any atom is -0.489 e. The van der Waals surface area contributed by atoms with E-state index in [1.165, 1.54) is 4.90 Å².